The molecule has 0 aliphatic carbocycles. The fourth-order valence-corrected chi connectivity index (χ4v) is 3.47. The molecule has 0 aromatic carbocycles. The number of nitrogens with one attached hydrogen (secondary N) is 2. The zero-order valence-corrected chi connectivity index (χ0v) is 12.5. The molecule has 0 bridgehead atoms. The van der Waals surface area contributed by atoms with E-state index in [2.05, 4.69) is 15.5 Å². The Hall–Kier alpha value is -0.700. The highest BCUT2D eigenvalue weighted by Crippen LogP contribution is 2.24. The minimum atomic E-state index is -3.51. The molecule has 0 spiro atoms. The van der Waals surface area contributed by atoms with Gasteiger partial charge in [0.05, 0.1) is 11.8 Å². The Morgan fingerprint density at radius 2 is 2.00 bits per heavy atom. The average molecular weight is 304 g/mol. The number of carbonyl (C=O) groups is 1. The number of piperidine rings is 1. The summed E-state index contributed by atoms with van der Waals surface area (Å²) in [5.41, 5.74) is 0. The number of rotatable bonds is 5. The third kappa shape index (κ3) is 4.41. The molecule has 2 aliphatic heterocycles. The van der Waals surface area contributed by atoms with Crippen LogP contribution in [-0.4, -0.2) is 63.2 Å². The highest BCUT2D eigenvalue weighted by Gasteiger charge is 2.35. The number of hydrogen-bond acceptors (Lipinski definition) is 5. The van der Waals surface area contributed by atoms with Crippen LogP contribution >= 0.6 is 0 Å². The monoisotopic (exact) mass is 304 g/mol. The van der Waals surface area contributed by atoms with Gasteiger partial charge in [0.2, 0.25) is 15.9 Å². The Kier molecular flexibility index (Phi) is 5.36. The predicted octanol–water partition coefficient (Wildman–Crippen LogP) is -1.39. The van der Waals surface area contributed by atoms with Gasteiger partial charge in [-0.05, 0) is 45.3 Å². The van der Waals surface area contributed by atoms with Gasteiger partial charge in [0.15, 0.2) is 0 Å². The zero-order valence-electron chi connectivity index (χ0n) is 11.7. The van der Waals surface area contributed by atoms with Gasteiger partial charge in [0, 0.05) is 12.6 Å². The van der Waals surface area contributed by atoms with Gasteiger partial charge in [0.1, 0.15) is 0 Å². The molecule has 2 heterocycles. The molecule has 4 N–H and O–H groups in total. The van der Waals surface area contributed by atoms with Crippen LogP contribution in [0.25, 0.3) is 0 Å². The van der Waals surface area contributed by atoms with E-state index in [4.69, 9.17) is 5.14 Å². The summed E-state index contributed by atoms with van der Waals surface area (Å²) in [4.78, 5) is 14.5. The fourth-order valence-electron chi connectivity index (χ4n) is 3.08. The van der Waals surface area contributed by atoms with Crippen molar-refractivity contribution in [2.75, 3.05) is 31.9 Å². The van der Waals surface area contributed by atoms with E-state index in [0.717, 1.165) is 45.3 Å². The van der Waals surface area contributed by atoms with Gasteiger partial charge < -0.3 is 10.6 Å². The van der Waals surface area contributed by atoms with Crippen molar-refractivity contribution >= 4 is 15.9 Å². The Balaban J connectivity index is 1.84. The standard InChI is InChI=1S/C12H24N4O3S/c13-20(18,19)9-7-15-12(17)11-2-1-8-16(11)10-3-5-14-6-4-10/h10-11,14H,1-9H2,(H,15,17)(H2,13,18,19). The number of primary sulfonamides is 1. The second-order valence-corrected chi connectivity index (χ2v) is 7.27. The summed E-state index contributed by atoms with van der Waals surface area (Å²) in [7, 11) is -3.51. The van der Waals surface area contributed by atoms with Crippen LogP contribution in [0, 0.1) is 0 Å². The van der Waals surface area contributed by atoms with Crippen molar-refractivity contribution in [2.45, 2.75) is 37.8 Å². The molecule has 20 heavy (non-hydrogen) atoms. The second kappa shape index (κ2) is 6.84. The molecule has 2 aliphatic rings. The van der Waals surface area contributed by atoms with E-state index in [1.165, 1.54) is 0 Å². The number of amides is 1. The van der Waals surface area contributed by atoms with Gasteiger partial charge in [-0.3, -0.25) is 9.69 Å². The molecule has 0 saturated carbocycles. The number of sulfonamides is 1. The van der Waals surface area contributed by atoms with Crippen LogP contribution in [0.3, 0.4) is 0 Å². The lowest BCUT2D eigenvalue weighted by Gasteiger charge is -2.35. The molecule has 116 valence electrons. The predicted molar refractivity (Wildman–Crippen MR) is 76.6 cm³/mol. The summed E-state index contributed by atoms with van der Waals surface area (Å²) in [6.45, 7) is 3.05. The first-order valence-electron chi connectivity index (χ1n) is 7.22. The van der Waals surface area contributed by atoms with Gasteiger partial charge in [-0.15, -0.1) is 0 Å². The SMILES string of the molecule is NS(=O)(=O)CCNC(=O)C1CCCN1C1CCNCC1. The van der Waals surface area contributed by atoms with E-state index in [9.17, 15) is 13.2 Å². The molecule has 2 fully saturated rings. The summed E-state index contributed by atoms with van der Waals surface area (Å²) in [5, 5.41) is 10.9. The van der Waals surface area contributed by atoms with Crippen LogP contribution < -0.4 is 15.8 Å². The largest absolute Gasteiger partial charge is 0.354 e. The minimum Gasteiger partial charge on any atom is -0.354 e. The number of nitrogens with zero attached hydrogens (tertiary/aromatic N) is 1. The van der Waals surface area contributed by atoms with Crippen LogP contribution in [-0.2, 0) is 14.8 Å². The lowest BCUT2D eigenvalue weighted by Crippen LogP contribution is -2.51. The number of carbonyl (C=O) groups excluding carboxylic acids is 1. The quantitative estimate of drug-likeness (QED) is 0.580. The molecule has 2 rings (SSSR count). The normalized spacial score (nSPS) is 25.8. The van der Waals surface area contributed by atoms with Gasteiger partial charge in [0.25, 0.3) is 0 Å². The summed E-state index contributed by atoms with van der Waals surface area (Å²) in [5.74, 6) is -0.275. The molecule has 1 atom stereocenters. The molecule has 7 nitrogen and oxygen atoms in total. The third-order valence-electron chi connectivity index (χ3n) is 4.06. The highest BCUT2D eigenvalue weighted by atomic mass is 32.2. The third-order valence-corrected chi connectivity index (χ3v) is 4.83. The lowest BCUT2D eigenvalue weighted by atomic mass is 10.0. The van der Waals surface area contributed by atoms with E-state index in [-0.39, 0.29) is 24.2 Å². The molecule has 2 saturated heterocycles. The summed E-state index contributed by atoms with van der Waals surface area (Å²) in [6.07, 6.45) is 4.02. The maximum atomic E-state index is 12.2. The highest BCUT2D eigenvalue weighted by molar-refractivity contribution is 7.89. The van der Waals surface area contributed by atoms with E-state index < -0.39 is 10.0 Å². The summed E-state index contributed by atoms with van der Waals surface area (Å²) in [6, 6.07) is 0.353. The van der Waals surface area contributed by atoms with Gasteiger partial charge in [-0.25, -0.2) is 13.6 Å². The van der Waals surface area contributed by atoms with E-state index in [1.807, 2.05) is 0 Å². The van der Waals surface area contributed by atoms with Crippen molar-refractivity contribution in [1.29, 1.82) is 0 Å². The first-order chi connectivity index (χ1) is 9.47. The number of nitrogens with two attached hydrogens (primary N) is 1. The summed E-state index contributed by atoms with van der Waals surface area (Å²) < 4.78 is 21.7. The topological polar surface area (TPSA) is 105 Å². The number of likely N-dealkylation sites (tertiary alicyclic amines) is 1. The maximum absolute atomic E-state index is 12.2. The Bertz CT molecular complexity index is 434. The molecule has 1 unspecified atom stereocenters. The van der Waals surface area contributed by atoms with Gasteiger partial charge in [-0.1, -0.05) is 0 Å². The summed E-state index contributed by atoms with van der Waals surface area (Å²) >= 11 is 0. The first kappa shape index (κ1) is 15.7. The van der Waals surface area contributed by atoms with Gasteiger partial charge in [-0.2, -0.15) is 0 Å². The first-order valence-corrected chi connectivity index (χ1v) is 8.93. The van der Waals surface area contributed by atoms with Crippen molar-refractivity contribution in [3.63, 3.8) is 0 Å². The molecule has 0 aromatic heterocycles. The Labute approximate surface area is 120 Å². The molecule has 0 aromatic rings. The fraction of sp³-hybridized carbons (Fsp3) is 0.917. The van der Waals surface area contributed by atoms with Crippen LogP contribution in [0.2, 0.25) is 0 Å². The van der Waals surface area contributed by atoms with E-state index >= 15 is 0 Å². The van der Waals surface area contributed by atoms with Crippen LogP contribution in [0.4, 0.5) is 0 Å². The van der Waals surface area contributed by atoms with Crippen LogP contribution in [0.5, 0.6) is 0 Å². The van der Waals surface area contributed by atoms with Crippen LogP contribution in [0.15, 0.2) is 0 Å². The minimum absolute atomic E-state index is 0.0651. The average Bonchev–Trinajstić information content (AvgIpc) is 2.87. The van der Waals surface area contributed by atoms with Crippen LogP contribution in [0.1, 0.15) is 25.7 Å². The van der Waals surface area contributed by atoms with E-state index in [1.54, 1.807) is 0 Å². The second-order valence-electron chi connectivity index (χ2n) is 5.54. The lowest BCUT2D eigenvalue weighted by molar-refractivity contribution is -0.126. The van der Waals surface area contributed by atoms with Crippen molar-refractivity contribution in [3.8, 4) is 0 Å². The molecule has 8 heteroatoms. The molecule has 1 amide bonds. The van der Waals surface area contributed by atoms with E-state index in [0.29, 0.717) is 6.04 Å². The maximum Gasteiger partial charge on any atom is 0.237 e. The van der Waals surface area contributed by atoms with Crippen molar-refractivity contribution in [1.82, 2.24) is 15.5 Å². The molecular weight excluding hydrogens is 280 g/mol. The molecular formula is C12H24N4O3S. The van der Waals surface area contributed by atoms with Crippen molar-refractivity contribution < 1.29 is 13.2 Å². The van der Waals surface area contributed by atoms with Gasteiger partial charge >= 0.3 is 0 Å². The Morgan fingerprint density at radius 1 is 1.30 bits per heavy atom. The zero-order chi connectivity index (χ0) is 14.6. The van der Waals surface area contributed by atoms with Crippen molar-refractivity contribution in [3.05, 3.63) is 0 Å². The molecule has 0 radical (unpaired) electrons. The Morgan fingerprint density at radius 3 is 2.65 bits per heavy atom. The number of hydrogen-bond donors (Lipinski definition) is 3. The smallest absolute Gasteiger partial charge is 0.237 e. The van der Waals surface area contributed by atoms with Crippen molar-refractivity contribution in [2.24, 2.45) is 5.14 Å².